The molecule has 1 N–H and O–H groups in total. The number of nitrogens with zero attached hydrogens (tertiary/aromatic N) is 2. The van der Waals surface area contributed by atoms with E-state index in [1.165, 1.54) is 12.4 Å². The van der Waals surface area contributed by atoms with E-state index in [1.807, 2.05) is 0 Å². The van der Waals surface area contributed by atoms with Gasteiger partial charge in [0.15, 0.2) is 0 Å². The number of alkyl halides is 3. The van der Waals surface area contributed by atoms with Crippen LogP contribution in [0.5, 0.6) is 0 Å². The van der Waals surface area contributed by atoms with Gasteiger partial charge in [0, 0.05) is 12.5 Å². The number of nitrogens with one attached hydrogen (secondary N) is 1. The number of anilines is 2. The van der Waals surface area contributed by atoms with Crippen molar-refractivity contribution in [2.75, 3.05) is 5.32 Å². The second kappa shape index (κ2) is 8.94. The highest BCUT2D eigenvalue weighted by atomic mass is 35.5. The summed E-state index contributed by atoms with van der Waals surface area (Å²) in [7, 11) is 0. The van der Waals surface area contributed by atoms with Crippen molar-refractivity contribution in [1.29, 1.82) is 0 Å². The lowest BCUT2D eigenvalue weighted by Crippen LogP contribution is -2.07. The van der Waals surface area contributed by atoms with E-state index >= 15 is 0 Å². The van der Waals surface area contributed by atoms with Gasteiger partial charge in [-0.25, -0.2) is 14.4 Å². The highest BCUT2D eigenvalue weighted by molar-refractivity contribution is 6.42. The third kappa shape index (κ3) is 5.47. The fraction of sp³-hybridized carbons (Fsp3) is 0.111. The lowest BCUT2D eigenvalue weighted by molar-refractivity contribution is -0.137. The van der Waals surface area contributed by atoms with E-state index in [-0.39, 0.29) is 23.9 Å². The normalized spacial score (nSPS) is 11.1. The average Bonchev–Trinajstić information content (AvgIpc) is 2.59. The zero-order valence-electron chi connectivity index (χ0n) is 13.9. The van der Waals surface area contributed by atoms with Crippen LogP contribution in [0.4, 0.5) is 29.1 Å². The smallest absolute Gasteiger partial charge is 0.338 e. The monoisotopic (exact) mass is 451 g/mol. The molecule has 0 aliphatic carbocycles. The van der Waals surface area contributed by atoms with Crippen molar-refractivity contribution in [1.82, 2.24) is 9.97 Å². The highest BCUT2D eigenvalue weighted by Crippen LogP contribution is 2.32. The van der Waals surface area contributed by atoms with Gasteiger partial charge in [0.2, 0.25) is 0 Å². The lowest BCUT2D eigenvalue weighted by Gasteiger charge is -2.12. The highest BCUT2D eigenvalue weighted by Gasteiger charge is 2.31. The summed E-state index contributed by atoms with van der Waals surface area (Å²) < 4.78 is 52.3. The van der Waals surface area contributed by atoms with Gasteiger partial charge in [-0.1, -0.05) is 29.3 Å². The molecule has 0 spiro atoms. The molecular formula is C18H12Cl3F4N3. The van der Waals surface area contributed by atoms with Crippen molar-refractivity contribution in [3.63, 3.8) is 0 Å². The van der Waals surface area contributed by atoms with Crippen LogP contribution in [0.1, 0.15) is 16.8 Å². The molecule has 2 aromatic carbocycles. The Morgan fingerprint density at radius 2 is 1.68 bits per heavy atom. The second-order valence-electron chi connectivity index (χ2n) is 5.64. The van der Waals surface area contributed by atoms with Gasteiger partial charge in [-0.2, -0.15) is 13.2 Å². The Balaban J connectivity index is 0.00000280. The Morgan fingerprint density at radius 3 is 2.36 bits per heavy atom. The summed E-state index contributed by atoms with van der Waals surface area (Å²) in [6.07, 6.45) is -2.95. The molecule has 3 rings (SSSR count). The van der Waals surface area contributed by atoms with E-state index in [0.717, 1.165) is 11.6 Å². The van der Waals surface area contributed by atoms with Crippen molar-refractivity contribution >= 4 is 47.1 Å². The Bertz CT molecular complexity index is 981. The predicted octanol–water partition coefficient (Wildman–Crippen LogP) is 6.70. The molecule has 0 bridgehead atoms. The van der Waals surface area contributed by atoms with Gasteiger partial charge < -0.3 is 5.32 Å². The second-order valence-corrected chi connectivity index (χ2v) is 6.45. The Morgan fingerprint density at radius 1 is 0.929 bits per heavy atom. The quantitative estimate of drug-likeness (QED) is 0.448. The maximum Gasteiger partial charge on any atom is 0.416 e. The summed E-state index contributed by atoms with van der Waals surface area (Å²) in [5.74, 6) is -0.661. The minimum absolute atomic E-state index is 0. The van der Waals surface area contributed by atoms with Crippen LogP contribution >= 0.6 is 35.6 Å². The molecule has 1 aromatic heterocycles. The molecule has 0 amide bonds. The summed E-state index contributed by atoms with van der Waals surface area (Å²) in [5, 5.41) is 3.38. The fourth-order valence-corrected chi connectivity index (χ4v) is 2.68. The van der Waals surface area contributed by atoms with Crippen LogP contribution < -0.4 is 5.32 Å². The SMILES string of the molecule is Cl.Fc1ccc(C(F)(F)F)cc1Nc1cc(Cc2ccc(Cl)c(Cl)c2)ncn1. The molecule has 3 aromatic rings. The van der Waals surface area contributed by atoms with Crippen LogP contribution in [0, 0.1) is 5.82 Å². The molecule has 0 aliphatic heterocycles. The van der Waals surface area contributed by atoms with Crippen molar-refractivity contribution in [3.05, 3.63) is 81.5 Å². The molecular weight excluding hydrogens is 441 g/mol. The first-order valence-corrected chi connectivity index (χ1v) is 8.36. The summed E-state index contributed by atoms with van der Waals surface area (Å²) >= 11 is 11.9. The topological polar surface area (TPSA) is 37.8 Å². The average molecular weight is 453 g/mol. The molecule has 0 aliphatic rings. The van der Waals surface area contributed by atoms with E-state index in [2.05, 4.69) is 15.3 Å². The molecule has 0 fully saturated rings. The molecule has 0 radical (unpaired) electrons. The summed E-state index contributed by atoms with van der Waals surface area (Å²) in [5.41, 5.74) is 0.109. The molecule has 10 heteroatoms. The third-order valence-electron chi connectivity index (χ3n) is 3.65. The summed E-state index contributed by atoms with van der Waals surface area (Å²) in [6.45, 7) is 0. The Labute approximate surface area is 174 Å². The van der Waals surface area contributed by atoms with E-state index in [9.17, 15) is 17.6 Å². The molecule has 0 unspecified atom stereocenters. The van der Waals surface area contributed by atoms with E-state index < -0.39 is 17.6 Å². The van der Waals surface area contributed by atoms with Gasteiger partial charge in [-0.15, -0.1) is 12.4 Å². The molecule has 0 saturated carbocycles. The summed E-state index contributed by atoms with van der Waals surface area (Å²) in [4.78, 5) is 8.03. The molecule has 1 heterocycles. The number of aromatic nitrogens is 2. The largest absolute Gasteiger partial charge is 0.416 e. The van der Waals surface area contributed by atoms with E-state index in [4.69, 9.17) is 23.2 Å². The van der Waals surface area contributed by atoms with Crippen LogP contribution in [-0.2, 0) is 12.6 Å². The Hall–Kier alpha value is -2.09. The van der Waals surface area contributed by atoms with Crippen molar-refractivity contribution in [3.8, 4) is 0 Å². The van der Waals surface area contributed by atoms with Gasteiger partial charge in [-0.05, 0) is 35.9 Å². The van der Waals surface area contributed by atoms with E-state index in [0.29, 0.717) is 34.3 Å². The first kappa shape index (κ1) is 22.2. The fourth-order valence-electron chi connectivity index (χ4n) is 2.36. The maximum absolute atomic E-state index is 13.9. The maximum atomic E-state index is 13.9. The molecule has 28 heavy (non-hydrogen) atoms. The van der Waals surface area contributed by atoms with Crippen molar-refractivity contribution in [2.45, 2.75) is 12.6 Å². The molecule has 3 nitrogen and oxygen atoms in total. The number of halogens is 7. The number of hydrogen-bond donors (Lipinski definition) is 1. The summed E-state index contributed by atoms with van der Waals surface area (Å²) in [6, 6.07) is 8.75. The van der Waals surface area contributed by atoms with Crippen molar-refractivity contribution < 1.29 is 17.6 Å². The minimum Gasteiger partial charge on any atom is -0.338 e. The van der Waals surface area contributed by atoms with Crippen LogP contribution in [0.25, 0.3) is 0 Å². The van der Waals surface area contributed by atoms with Crippen molar-refractivity contribution in [2.24, 2.45) is 0 Å². The number of hydrogen-bond acceptors (Lipinski definition) is 3. The van der Waals surface area contributed by atoms with Gasteiger partial charge in [0.05, 0.1) is 27.0 Å². The zero-order chi connectivity index (χ0) is 19.6. The number of benzene rings is 2. The third-order valence-corrected chi connectivity index (χ3v) is 4.39. The number of rotatable bonds is 4. The Kier molecular flexibility index (Phi) is 7.09. The lowest BCUT2D eigenvalue weighted by atomic mass is 10.1. The predicted molar refractivity (Wildman–Crippen MR) is 103 cm³/mol. The zero-order valence-corrected chi connectivity index (χ0v) is 16.2. The van der Waals surface area contributed by atoms with Gasteiger partial charge in [-0.3, -0.25) is 0 Å². The molecule has 0 atom stereocenters. The van der Waals surface area contributed by atoms with Crippen LogP contribution in [-0.4, -0.2) is 9.97 Å². The standard InChI is InChI=1S/C18H11Cl2F4N3.ClH/c19-13-3-1-10(6-14(13)20)5-12-8-17(26-9-25-12)27-16-7-11(18(22,23)24)2-4-15(16)21;/h1-4,6-9H,5H2,(H,25,26,27);1H. The molecule has 148 valence electrons. The van der Waals surface area contributed by atoms with Crippen LogP contribution in [0.2, 0.25) is 10.0 Å². The van der Waals surface area contributed by atoms with Crippen LogP contribution in [0.3, 0.4) is 0 Å². The van der Waals surface area contributed by atoms with Crippen LogP contribution in [0.15, 0.2) is 48.8 Å². The molecule has 0 saturated heterocycles. The minimum atomic E-state index is -4.57. The van der Waals surface area contributed by atoms with Gasteiger partial charge in [0.1, 0.15) is 18.0 Å². The first-order valence-electron chi connectivity index (χ1n) is 7.61. The first-order chi connectivity index (χ1) is 12.7. The van der Waals surface area contributed by atoms with E-state index in [1.54, 1.807) is 18.2 Å². The van der Waals surface area contributed by atoms with Gasteiger partial charge in [0.25, 0.3) is 0 Å². The van der Waals surface area contributed by atoms with Gasteiger partial charge >= 0.3 is 6.18 Å².